The zero-order chi connectivity index (χ0) is 26.6. The number of rotatable bonds is 7. The van der Waals surface area contributed by atoms with Gasteiger partial charge in [-0.3, -0.25) is 0 Å². The molecular weight excluding hydrogens is 490 g/mol. The van der Waals surface area contributed by atoms with Gasteiger partial charge in [0.25, 0.3) is 0 Å². The Morgan fingerprint density at radius 3 is 2.61 bits per heavy atom. The number of carbonyl (C=O) groups is 1. The summed E-state index contributed by atoms with van der Waals surface area (Å²) in [6, 6.07) is 24.8. The maximum Gasteiger partial charge on any atom is 0.330 e. The second-order valence-corrected chi connectivity index (χ2v) is 10.2. The first kappa shape index (κ1) is 25.8. The van der Waals surface area contributed by atoms with Gasteiger partial charge in [0, 0.05) is 11.1 Å². The van der Waals surface area contributed by atoms with E-state index in [2.05, 4.69) is 55.5 Å². The molecule has 2 aliphatic carbocycles. The zero-order valence-corrected chi connectivity index (χ0v) is 22.5. The van der Waals surface area contributed by atoms with Gasteiger partial charge < -0.3 is 4.74 Å². The fraction of sp³-hybridized carbons (Fsp3) is 0.235. The van der Waals surface area contributed by atoms with Crippen LogP contribution in [-0.2, 0) is 16.0 Å². The summed E-state index contributed by atoms with van der Waals surface area (Å²) >= 11 is 6.78. The summed E-state index contributed by atoms with van der Waals surface area (Å²) in [4.78, 5) is 11.8. The van der Waals surface area contributed by atoms with Crippen molar-refractivity contribution in [3.63, 3.8) is 0 Å². The van der Waals surface area contributed by atoms with E-state index in [-0.39, 0.29) is 5.97 Å². The van der Waals surface area contributed by atoms with Crippen LogP contribution in [0.25, 0.3) is 23.3 Å². The van der Waals surface area contributed by atoms with Crippen molar-refractivity contribution >= 4 is 40.9 Å². The van der Waals surface area contributed by atoms with Crippen LogP contribution in [-0.4, -0.2) is 12.6 Å². The molecule has 2 aliphatic rings. The Balaban J connectivity index is 1.66. The van der Waals surface area contributed by atoms with E-state index in [0.29, 0.717) is 29.0 Å². The van der Waals surface area contributed by atoms with E-state index in [9.17, 15) is 10.1 Å². The maximum atomic E-state index is 11.8. The van der Waals surface area contributed by atoms with Gasteiger partial charge in [-0.2, -0.15) is 5.26 Å². The minimum absolute atomic E-state index is 0.344. The van der Waals surface area contributed by atoms with Gasteiger partial charge in [-0.25, -0.2) is 4.79 Å². The first-order valence-corrected chi connectivity index (χ1v) is 13.6. The molecule has 0 spiro atoms. The van der Waals surface area contributed by atoms with E-state index in [1.165, 1.54) is 40.3 Å². The summed E-state index contributed by atoms with van der Waals surface area (Å²) in [7, 11) is 0. The molecular formula is C34H30ClNO2. The van der Waals surface area contributed by atoms with E-state index >= 15 is 0 Å². The lowest BCUT2D eigenvalue weighted by molar-refractivity contribution is -0.137. The van der Waals surface area contributed by atoms with Gasteiger partial charge in [0.2, 0.25) is 0 Å². The molecule has 0 aromatic heterocycles. The topological polar surface area (TPSA) is 50.1 Å². The van der Waals surface area contributed by atoms with Crippen molar-refractivity contribution in [2.45, 2.75) is 33.1 Å². The minimum Gasteiger partial charge on any atom is -0.463 e. The van der Waals surface area contributed by atoms with E-state index in [0.717, 1.165) is 29.5 Å². The van der Waals surface area contributed by atoms with Crippen LogP contribution in [0.15, 0.2) is 78.4 Å². The molecule has 3 nitrogen and oxygen atoms in total. The van der Waals surface area contributed by atoms with Crippen LogP contribution in [0.4, 0.5) is 0 Å². The number of halogens is 1. The molecule has 0 heterocycles. The Morgan fingerprint density at radius 1 is 1.11 bits per heavy atom. The number of allylic oxidation sites excluding steroid dienone is 3. The summed E-state index contributed by atoms with van der Waals surface area (Å²) in [6.45, 7) is 4.31. The Hall–Kier alpha value is -3.87. The highest BCUT2D eigenvalue weighted by Crippen LogP contribution is 2.54. The highest BCUT2D eigenvalue weighted by Gasteiger charge is 2.43. The first-order valence-electron chi connectivity index (χ1n) is 13.2. The van der Waals surface area contributed by atoms with Gasteiger partial charge in [0.1, 0.15) is 0 Å². The standard InChI is InChI=1S/C34H30ClNO2/c1-3-28(29-15-11-23(21-36)17-32(29)35)34(24-13-9-22(10-14-24)12-16-33(37)38-4-2)31-19-26-8-6-5-7-25(26)18-27-20-30(27)31/h5-17,19,27,30H,3-4,18,20H2,1-2H3/b16-12+,34-28+. The summed E-state index contributed by atoms with van der Waals surface area (Å²) in [5, 5.41) is 9.97. The largest absolute Gasteiger partial charge is 0.463 e. The third-order valence-electron chi connectivity index (χ3n) is 7.44. The summed E-state index contributed by atoms with van der Waals surface area (Å²) in [5.74, 6) is 0.795. The lowest BCUT2D eigenvalue weighted by atomic mass is 9.84. The third-order valence-corrected chi connectivity index (χ3v) is 7.75. The highest BCUT2D eigenvalue weighted by atomic mass is 35.5. The predicted octanol–water partition coefficient (Wildman–Crippen LogP) is 8.38. The van der Waals surface area contributed by atoms with Crippen molar-refractivity contribution in [3.8, 4) is 6.07 Å². The van der Waals surface area contributed by atoms with E-state index < -0.39 is 0 Å². The number of nitrogens with zero attached hydrogens (tertiary/aromatic N) is 1. The van der Waals surface area contributed by atoms with Crippen LogP contribution in [0.3, 0.4) is 0 Å². The fourth-order valence-electron chi connectivity index (χ4n) is 5.49. The van der Waals surface area contributed by atoms with Crippen LogP contribution in [0, 0.1) is 23.2 Å². The molecule has 0 bridgehead atoms. The van der Waals surface area contributed by atoms with Crippen molar-refractivity contribution in [1.82, 2.24) is 0 Å². The normalized spacial score (nSPS) is 18.4. The lowest BCUT2D eigenvalue weighted by Gasteiger charge is -2.20. The quantitative estimate of drug-likeness (QED) is 0.179. The molecule has 5 rings (SSSR count). The molecule has 0 amide bonds. The van der Waals surface area contributed by atoms with Crippen LogP contribution in [0.2, 0.25) is 5.02 Å². The molecule has 0 aliphatic heterocycles. The van der Waals surface area contributed by atoms with Crippen molar-refractivity contribution in [2.75, 3.05) is 6.61 Å². The van der Waals surface area contributed by atoms with Gasteiger partial charge in [-0.05, 0) is 101 Å². The summed E-state index contributed by atoms with van der Waals surface area (Å²) in [5.41, 5.74) is 9.99. The average molecular weight is 520 g/mol. The molecule has 0 radical (unpaired) electrons. The minimum atomic E-state index is -0.344. The van der Waals surface area contributed by atoms with Crippen LogP contribution >= 0.6 is 11.6 Å². The SMILES string of the molecule is CCOC(=O)/C=C/c1ccc(/C(C2=Cc3ccccc3CC3CC23)=C(/CC)c2ccc(C#N)cc2Cl)cc1. The van der Waals surface area contributed by atoms with Crippen LogP contribution < -0.4 is 0 Å². The Kier molecular flexibility index (Phi) is 7.63. The van der Waals surface area contributed by atoms with E-state index in [4.69, 9.17) is 16.3 Å². The smallest absolute Gasteiger partial charge is 0.330 e. The van der Waals surface area contributed by atoms with Crippen molar-refractivity contribution in [2.24, 2.45) is 11.8 Å². The van der Waals surface area contributed by atoms with Crippen LogP contribution in [0.5, 0.6) is 0 Å². The van der Waals surface area contributed by atoms with Crippen molar-refractivity contribution < 1.29 is 9.53 Å². The second kappa shape index (κ2) is 11.3. The molecule has 0 saturated heterocycles. The molecule has 4 heteroatoms. The second-order valence-electron chi connectivity index (χ2n) is 9.83. The lowest BCUT2D eigenvalue weighted by Crippen LogP contribution is -2.00. The van der Waals surface area contributed by atoms with Crippen molar-refractivity contribution in [1.29, 1.82) is 5.26 Å². The Bertz CT molecular complexity index is 1500. The van der Waals surface area contributed by atoms with Gasteiger partial charge >= 0.3 is 5.97 Å². The number of esters is 1. The summed E-state index contributed by atoms with van der Waals surface area (Å²) < 4.78 is 5.01. The van der Waals surface area contributed by atoms with Crippen LogP contribution in [0.1, 0.15) is 60.1 Å². The molecule has 190 valence electrons. The fourth-order valence-corrected chi connectivity index (χ4v) is 5.79. The predicted molar refractivity (Wildman–Crippen MR) is 155 cm³/mol. The molecule has 1 fully saturated rings. The van der Waals surface area contributed by atoms with Gasteiger partial charge in [-0.1, -0.05) is 79.2 Å². The van der Waals surface area contributed by atoms with E-state index in [1.807, 2.05) is 24.3 Å². The summed E-state index contributed by atoms with van der Waals surface area (Å²) in [6.07, 6.45) is 8.70. The molecule has 3 aromatic rings. The van der Waals surface area contributed by atoms with E-state index in [1.54, 1.807) is 19.1 Å². The number of benzene rings is 3. The van der Waals surface area contributed by atoms with Crippen molar-refractivity contribution in [3.05, 3.63) is 117 Å². The molecule has 2 atom stereocenters. The first-order chi connectivity index (χ1) is 18.5. The molecule has 38 heavy (non-hydrogen) atoms. The monoisotopic (exact) mass is 519 g/mol. The zero-order valence-electron chi connectivity index (χ0n) is 21.7. The van der Waals surface area contributed by atoms with Gasteiger partial charge in [0.05, 0.1) is 18.2 Å². The molecule has 2 unspecified atom stereocenters. The highest BCUT2D eigenvalue weighted by molar-refractivity contribution is 6.33. The number of nitriles is 1. The number of carbonyl (C=O) groups excluding carboxylic acids is 1. The van der Waals surface area contributed by atoms with Gasteiger partial charge in [0.15, 0.2) is 0 Å². The molecule has 0 N–H and O–H groups in total. The number of hydrogen-bond donors (Lipinski definition) is 0. The third kappa shape index (κ3) is 5.37. The number of fused-ring (bicyclic) bond motifs is 2. The number of ether oxygens (including phenoxy) is 1. The molecule has 1 saturated carbocycles. The maximum absolute atomic E-state index is 11.8. The Labute approximate surface area is 229 Å². The number of hydrogen-bond acceptors (Lipinski definition) is 3. The molecule has 3 aromatic carbocycles. The Morgan fingerprint density at radius 2 is 1.89 bits per heavy atom. The van der Waals surface area contributed by atoms with Gasteiger partial charge in [-0.15, -0.1) is 0 Å². The average Bonchev–Trinajstić information content (AvgIpc) is 3.71.